The summed E-state index contributed by atoms with van der Waals surface area (Å²) in [5.74, 6) is -0.903. The van der Waals surface area contributed by atoms with Crippen LogP contribution >= 0.6 is 11.6 Å². The third kappa shape index (κ3) is 6.17. The molecule has 9 heteroatoms. The number of nitrogens with zero attached hydrogens (tertiary/aromatic N) is 1. The summed E-state index contributed by atoms with van der Waals surface area (Å²) in [5.41, 5.74) is 0.0355. The largest absolute Gasteiger partial charge is 0.452 e. The Morgan fingerprint density at radius 3 is 2.62 bits per heavy atom. The third-order valence-corrected chi connectivity index (χ3v) is 7.44. The van der Waals surface area contributed by atoms with Crippen LogP contribution in [0.2, 0.25) is 5.02 Å². The molecule has 1 heterocycles. The van der Waals surface area contributed by atoms with Crippen LogP contribution in [0, 0.1) is 5.92 Å². The Morgan fingerprint density at radius 2 is 2.00 bits per heavy atom. The molecule has 1 saturated heterocycles. The zero-order valence-electron chi connectivity index (χ0n) is 17.1. The number of piperidine rings is 1. The Labute approximate surface area is 177 Å². The molecule has 0 radical (unpaired) electrons. The van der Waals surface area contributed by atoms with E-state index in [1.807, 2.05) is 20.8 Å². The van der Waals surface area contributed by atoms with Gasteiger partial charge in [-0.2, -0.15) is 4.31 Å². The standard InChI is InChI=1S/C20H29ClN2O5S/c1-4-16(5-2)22-19(24)13-28-20(25)15-8-9-17(21)18(11-15)29(26,27)23-10-6-7-14(3)12-23/h8-9,11,14,16H,4-7,10,12-13H2,1-3H3,(H,22,24)/t14-/m0/s1. The number of hydrogen-bond donors (Lipinski definition) is 1. The van der Waals surface area contributed by atoms with Crippen molar-refractivity contribution in [2.24, 2.45) is 5.92 Å². The highest BCUT2D eigenvalue weighted by Crippen LogP contribution is 2.29. The first-order valence-corrected chi connectivity index (χ1v) is 11.8. The molecule has 1 aliphatic rings. The van der Waals surface area contributed by atoms with Crippen molar-refractivity contribution in [3.63, 3.8) is 0 Å². The molecule has 29 heavy (non-hydrogen) atoms. The summed E-state index contributed by atoms with van der Waals surface area (Å²) in [4.78, 5) is 24.1. The Balaban J connectivity index is 2.11. The molecule has 0 saturated carbocycles. The molecule has 1 N–H and O–H groups in total. The van der Waals surface area contributed by atoms with Gasteiger partial charge in [-0.15, -0.1) is 0 Å². The molecule has 1 aromatic rings. The van der Waals surface area contributed by atoms with E-state index in [9.17, 15) is 18.0 Å². The van der Waals surface area contributed by atoms with Crippen molar-refractivity contribution in [1.82, 2.24) is 9.62 Å². The van der Waals surface area contributed by atoms with Gasteiger partial charge in [-0.05, 0) is 49.8 Å². The fourth-order valence-electron chi connectivity index (χ4n) is 3.31. The molecule has 1 aromatic carbocycles. The molecule has 0 unspecified atom stereocenters. The van der Waals surface area contributed by atoms with E-state index in [4.69, 9.17) is 16.3 Å². The van der Waals surface area contributed by atoms with Crippen molar-refractivity contribution in [3.8, 4) is 0 Å². The number of carbonyl (C=O) groups excluding carboxylic acids is 2. The zero-order chi connectivity index (χ0) is 21.6. The number of esters is 1. The molecular formula is C20H29ClN2O5S. The molecule has 2 rings (SSSR count). The lowest BCUT2D eigenvalue weighted by Crippen LogP contribution is -2.39. The highest BCUT2D eigenvalue weighted by molar-refractivity contribution is 7.89. The van der Waals surface area contributed by atoms with Gasteiger partial charge in [-0.1, -0.05) is 32.4 Å². The van der Waals surface area contributed by atoms with Crippen molar-refractivity contribution in [1.29, 1.82) is 0 Å². The first-order chi connectivity index (χ1) is 13.7. The van der Waals surface area contributed by atoms with Gasteiger partial charge >= 0.3 is 5.97 Å². The maximum atomic E-state index is 13.0. The Hall–Kier alpha value is -1.64. The monoisotopic (exact) mass is 444 g/mol. The molecule has 0 aromatic heterocycles. The number of halogens is 1. The Morgan fingerprint density at radius 1 is 1.31 bits per heavy atom. The summed E-state index contributed by atoms with van der Waals surface area (Å²) in [7, 11) is -3.82. The minimum Gasteiger partial charge on any atom is -0.452 e. The van der Waals surface area contributed by atoms with Gasteiger partial charge in [0.05, 0.1) is 10.6 Å². The van der Waals surface area contributed by atoms with Gasteiger partial charge in [-0.25, -0.2) is 13.2 Å². The normalized spacial score (nSPS) is 17.9. The Kier molecular flexibility index (Phi) is 8.48. The van der Waals surface area contributed by atoms with Crippen LogP contribution < -0.4 is 5.32 Å². The lowest BCUT2D eigenvalue weighted by molar-refractivity contribution is -0.125. The van der Waals surface area contributed by atoms with Crippen LogP contribution in [0.25, 0.3) is 0 Å². The summed E-state index contributed by atoms with van der Waals surface area (Å²) >= 11 is 6.14. The van der Waals surface area contributed by atoms with Gasteiger partial charge < -0.3 is 10.1 Å². The Bertz CT molecular complexity index is 839. The predicted molar refractivity (Wildman–Crippen MR) is 111 cm³/mol. The van der Waals surface area contributed by atoms with E-state index in [-0.39, 0.29) is 27.4 Å². The number of nitrogens with one attached hydrogen (secondary N) is 1. The molecule has 7 nitrogen and oxygen atoms in total. The number of carbonyl (C=O) groups is 2. The van der Waals surface area contributed by atoms with Gasteiger partial charge in [0.15, 0.2) is 6.61 Å². The van der Waals surface area contributed by atoms with Crippen LogP contribution in [-0.2, 0) is 19.6 Å². The average molecular weight is 445 g/mol. The second kappa shape index (κ2) is 10.4. The predicted octanol–water partition coefficient (Wildman–Crippen LogP) is 3.22. The molecule has 162 valence electrons. The van der Waals surface area contributed by atoms with Crippen LogP contribution in [-0.4, -0.2) is 50.3 Å². The lowest BCUT2D eigenvalue weighted by atomic mass is 10.0. The molecule has 1 aliphatic heterocycles. The van der Waals surface area contributed by atoms with Crippen molar-refractivity contribution in [2.45, 2.75) is 57.4 Å². The minimum absolute atomic E-state index is 0.0282. The summed E-state index contributed by atoms with van der Waals surface area (Å²) in [6.45, 7) is 6.34. The van der Waals surface area contributed by atoms with E-state index in [2.05, 4.69) is 5.32 Å². The number of amides is 1. The van der Waals surface area contributed by atoms with Crippen LogP contribution in [0.3, 0.4) is 0 Å². The molecule has 1 amide bonds. The minimum atomic E-state index is -3.82. The van der Waals surface area contributed by atoms with E-state index < -0.39 is 28.5 Å². The number of sulfonamides is 1. The highest BCUT2D eigenvalue weighted by atomic mass is 35.5. The summed E-state index contributed by atoms with van der Waals surface area (Å²) in [6, 6.07) is 4.00. The number of rotatable bonds is 8. The summed E-state index contributed by atoms with van der Waals surface area (Å²) in [5, 5.41) is 2.82. The zero-order valence-corrected chi connectivity index (χ0v) is 18.7. The summed E-state index contributed by atoms with van der Waals surface area (Å²) < 4.78 is 32.5. The third-order valence-electron chi connectivity index (χ3n) is 5.09. The van der Waals surface area contributed by atoms with Crippen LogP contribution in [0.15, 0.2) is 23.1 Å². The molecular weight excluding hydrogens is 416 g/mol. The molecule has 0 bridgehead atoms. The maximum Gasteiger partial charge on any atom is 0.338 e. The second-order valence-corrected chi connectivity index (χ2v) is 9.73. The van der Waals surface area contributed by atoms with Gasteiger partial charge in [0.1, 0.15) is 4.90 Å². The fourth-order valence-corrected chi connectivity index (χ4v) is 5.41. The van der Waals surface area contributed by atoms with Gasteiger partial charge in [0.25, 0.3) is 5.91 Å². The highest BCUT2D eigenvalue weighted by Gasteiger charge is 2.31. The number of hydrogen-bond acceptors (Lipinski definition) is 5. The summed E-state index contributed by atoms with van der Waals surface area (Å²) in [6.07, 6.45) is 3.32. The van der Waals surface area contributed by atoms with Crippen molar-refractivity contribution in [2.75, 3.05) is 19.7 Å². The first kappa shape index (κ1) is 23.6. The van der Waals surface area contributed by atoms with Crippen molar-refractivity contribution >= 4 is 33.5 Å². The smallest absolute Gasteiger partial charge is 0.338 e. The fraction of sp³-hybridized carbons (Fsp3) is 0.600. The lowest BCUT2D eigenvalue weighted by Gasteiger charge is -2.30. The van der Waals surface area contributed by atoms with E-state index in [1.165, 1.54) is 22.5 Å². The van der Waals surface area contributed by atoms with Crippen molar-refractivity contribution in [3.05, 3.63) is 28.8 Å². The van der Waals surface area contributed by atoms with E-state index >= 15 is 0 Å². The van der Waals surface area contributed by atoms with Gasteiger partial charge in [0, 0.05) is 19.1 Å². The molecule has 1 fully saturated rings. The maximum absolute atomic E-state index is 13.0. The molecule has 0 spiro atoms. The SMILES string of the molecule is CCC(CC)NC(=O)COC(=O)c1ccc(Cl)c(S(=O)(=O)N2CCC[C@H](C)C2)c1. The molecule has 1 atom stereocenters. The van der Waals surface area contributed by atoms with E-state index in [0.717, 1.165) is 25.7 Å². The van der Waals surface area contributed by atoms with E-state index in [1.54, 1.807) is 0 Å². The average Bonchev–Trinajstić information content (AvgIpc) is 2.70. The number of ether oxygens (including phenoxy) is 1. The van der Waals surface area contributed by atoms with Gasteiger partial charge in [0.2, 0.25) is 10.0 Å². The first-order valence-electron chi connectivity index (χ1n) is 9.95. The van der Waals surface area contributed by atoms with Crippen molar-refractivity contribution < 1.29 is 22.7 Å². The quantitative estimate of drug-likeness (QED) is 0.621. The van der Waals surface area contributed by atoms with Crippen LogP contribution in [0.4, 0.5) is 0 Å². The van der Waals surface area contributed by atoms with Crippen LogP contribution in [0.1, 0.15) is 56.8 Å². The van der Waals surface area contributed by atoms with Gasteiger partial charge in [-0.3, -0.25) is 4.79 Å². The molecule has 0 aliphatic carbocycles. The second-order valence-electron chi connectivity index (χ2n) is 7.41. The topological polar surface area (TPSA) is 92.8 Å². The number of benzene rings is 1. The van der Waals surface area contributed by atoms with Crippen LogP contribution in [0.5, 0.6) is 0 Å². The van der Waals surface area contributed by atoms with E-state index in [0.29, 0.717) is 13.1 Å².